The lowest BCUT2D eigenvalue weighted by Gasteiger charge is -2.12. The van der Waals surface area contributed by atoms with Crippen LogP contribution in [0.15, 0.2) is 28.7 Å². The normalized spacial score (nSPS) is 11.6. The molecule has 0 radical (unpaired) electrons. The highest BCUT2D eigenvalue weighted by Crippen LogP contribution is 2.13. The van der Waals surface area contributed by atoms with Crippen molar-refractivity contribution in [2.75, 3.05) is 26.0 Å². The number of benzene rings is 1. The van der Waals surface area contributed by atoms with Gasteiger partial charge in [0.15, 0.2) is 0 Å². The van der Waals surface area contributed by atoms with Gasteiger partial charge < -0.3 is 5.32 Å². The highest BCUT2D eigenvalue weighted by molar-refractivity contribution is 9.10. The van der Waals surface area contributed by atoms with Gasteiger partial charge in [0.05, 0.1) is 6.54 Å². The van der Waals surface area contributed by atoms with Crippen LogP contribution in [0.5, 0.6) is 0 Å². The van der Waals surface area contributed by atoms with Gasteiger partial charge in [0.2, 0.25) is 5.91 Å². The number of hydrogen-bond donors (Lipinski definition) is 2. The van der Waals surface area contributed by atoms with E-state index >= 15 is 0 Å². The first-order valence-electron chi connectivity index (χ1n) is 5.04. The summed E-state index contributed by atoms with van der Waals surface area (Å²) in [6.07, 6.45) is 0. The Hall–Kier alpha value is -0.960. The summed E-state index contributed by atoms with van der Waals surface area (Å²) in [5.41, 5.74) is 0.604. The smallest absolute Gasteiger partial charge is 0.279 e. The number of anilines is 1. The predicted octanol–water partition coefficient (Wildman–Crippen LogP) is 0.784. The molecule has 18 heavy (non-hydrogen) atoms. The Kier molecular flexibility index (Phi) is 5.27. The first-order valence-corrected chi connectivity index (χ1v) is 7.27. The first-order chi connectivity index (χ1) is 8.31. The van der Waals surface area contributed by atoms with E-state index in [1.54, 1.807) is 24.3 Å². The van der Waals surface area contributed by atoms with Crippen molar-refractivity contribution in [2.24, 2.45) is 0 Å². The van der Waals surface area contributed by atoms with Crippen molar-refractivity contribution in [2.45, 2.75) is 0 Å². The Morgan fingerprint density at radius 2 is 1.83 bits per heavy atom. The second-order valence-electron chi connectivity index (χ2n) is 3.66. The van der Waals surface area contributed by atoms with Crippen molar-refractivity contribution in [1.82, 2.24) is 9.03 Å². The van der Waals surface area contributed by atoms with Crippen LogP contribution in [0.25, 0.3) is 0 Å². The van der Waals surface area contributed by atoms with Crippen LogP contribution >= 0.6 is 15.9 Å². The molecule has 0 heterocycles. The molecule has 0 aliphatic rings. The average molecular weight is 336 g/mol. The predicted molar refractivity (Wildman–Crippen MR) is 73.4 cm³/mol. The van der Waals surface area contributed by atoms with E-state index in [-0.39, 0.29) is 6.54 Å². The molecule has 8 heteroatoms. The standard InChI is InChI=1S/C10H14BrN3O3S/c1-14(2)18(16,17)12-7-10(15)13-9-5-3-8(11)4-6-9/h3-6,12H,7H2,1-2H3,(H,13,15). The topological polar surface area (TPSA) is 78.5 Å². The molecule has 0 saturated carbocycles. The maximum Gasteiger partial charge on any atom is 0.279 e. The van der Waals surface area contributed by atoms with E-state index in [1.165, 1.54) is 14.1 Å². The summed E-state index contributed by atoms with van der Waals surface area (Å²) in [5, 5.41) is 2.58. The number of halogens is 1. The number of nitrogens with zero attached hydrogens (tertiary/aromatic N) is 1. The third-order valence-electron chi connectivity index (χ3n) is 2.02. The second kappa shape index (κ2) is 6.28. The molecule has 2 N–H and O–H groups in total. The molecule has 0 fully saturated rings. The van der Waals surface area contributed by atoms with Crippen LogP contribution in [-0.4, -0.2) is 39.3 Å². The molecule has 6 nitrogen and oxygen atoms in total. The summed E-state index contributed by atoms with van der Waals surface area (Å²) < 4.78 is 26.8. The van der Waals surface area contributed by atoms with Crippen molar-refractivity contribution < 1.29 is 13.2 Å². The quantitative estimate of drug-likeness (QED) is 0.834. The van der Waals surface area contributed by atoms with Crippen molar-refractivity contribution in [3.63, 3.8) is 0 Å². The lowest BCUT2D eigenvalue weighted by Crippen LogP contribution is -2.40. The highest BCUT2D eigenvalue weighted by atomic mass is 79.9. The van der Waals surface area contributed by atoms with Crippen molar-refractivity contribution >= 4 is 37.7 Å². The van der Waals surface area contributed by atoms with E-state index < -0.39 is 16.1 Å². The van der Waals surface area contributed by atoms with Gasteiger partial charge in [0.1, 0.15) is 0 Å². The highest BCUT2D eigenvalue weighted by Gasteiger charge is 2.14. The van der Waals surface area contributed by atoms with Crippen molar-refractivity contribution in [3.05, 3.63) is 28.7 Å². The fourth-order valence-corrected chi connectivity index (χ4v) is 1.86. The minimum atomic E-state index is -3.58. The zero-order chi connectivity index (χ0) is 13.8. The Bertz CT molecular complexity index is 514. The van der Waals surface area contributed by atoms with Crippen LogP contribution in [0, 0.1) is 0 Å². The molecule has 0 bridgehead atoms. The van der Waals surface area contributed by atoms with Gasteiger partial charge in [0.25, 0.3) is 10.2 Å². The molecular formula is C10H14BrN3O3S. The zero-order valence-electron chi connectivity index (χ0n) is 9.97. The van der Waals surface area contributed by atoms with Gasteiger partial charge in [-0.25, -0.2) is 0 Å². The third-order valence-corrected chi connectivity index (χ3v) is 4.02. The Morgan fingerprint density at radius 3 is 2.33 bits per heavy atom. The first kappa shape index (κ1) is 15.1. The van der Waals surface area contributed by atoms with E-state index in [4.69, 9.17) is 0 Å². The minimum Gasteiger partial charge on any atom is -0.325 e. The number of nitrogens with one attached hydrogen (secondary N) is 2. The fourth-order valence-electron chi connectivity index (χ4n) is 1.02. The maximum absolute atomic E-state index is 11.5. The van der Waals surface area contributed by atoms with Crippen LogP contribution in [0.1, 0.15) is 0 Å². The monoisotopic (exact) mass is 335 g/mol. The summed E-state index contributed by atoms with van der Waals surface area (Å²) in [5.74, 6) is -0.428. The van der Waals surface area contributed by atoms with E-state index in [0.29, 0.717) is 5.69 Å². The number of carbonyl (C=O) groups excluding carboxylic acids is 1. The van der Waals surface area contributed by atoms with Crippen LogP contribution in [0.3, 0.4) is 0 Å². The van der Waals surface area contributed by atoms with E-state index in [2.05, 4.69) is 26.0 Å². The zero-order valence-corrected chi connectivity index (χ0v) is 12.4. The van der Waals surface area contributed by atoms with Crippen molar-refractivity contribution in [1.29, 1.82) is 0 Å². The molecule has 0 aliphatic carbocycles. The molecule has 1 amide bonds. The summed E-state index contributed by atoms with van der Waals surface area (Å²) in [6.45, 7) is -0.309. The number of hydrogen-bond acceptors (Lipinski definition) is 3. The van der Waals surface area contributed by atoms with Crippen molar-refractivity contribution in [3.8, 4) is 0 Å². The van der Waals surface area contributed by atoms with Crippen LogP contribution in [-0.2, 0) is 15.0 Å². The summed E-state index contributed by atoms with van der Waals surface area (Å²) in [4.78, 5) is 11.5. The van der Waals surface area contributed by atoms with Gasteiger partial charge in [-0.2, -0.15) is 17.4 Å². The molecule has 0 atom stereocenters. The van der Waals surface area contributed by atoms with Gasteiger partial charge in [-0.05, 0) is 24.3 Å². The van der Waals surface area contributed by atoms with Crippen LogP contribution in [0.4, 0.5) is 5.69 Å². The molecule has 1 aromatic rings. The molecule has 0 aromatic heterocycles. The molecule has 0 spiro atoms. The summed E-state index contributed by atoms with van der Waals surface area (Å²) >= 11 is 3.27. The number of amides is 1. The summed E-state index contributed by atoms with van der Waals surface area (Å²) in [7, 11) is -0.809. The fraction of sp³-hybridized carbons (Fsp3) is 0.300. The Morgan fingerprint density at radius 1 is 1.28 bits per heavy atom. The third kappa shape index (κ3) is 4.73. The lowest BCUT2D eigenvalue weighted by atomic mass is 10.3. The number of carbonyl (C=O) groups is 1. The summed E-state index contributed by atoms with van der Waals surface area (Å²) in [6, 6.07) is 6.98. The van der Waals surface area contributed by atoms with Gasteiger partial charge in [0, 0.05) is 24.3 Å². The molecule has 1 aromatic carbocycles. The Labute approximate surface area is 115 Å². The van der Waals surface area contributed by atoms with Gasteiger partial charge in [-0.3, -0.25) is 4.79 Å². The molecular weight excluding hydrogens is 322 g/mol. The van der Waals surface area contributed by atoms with Gasteiger partial charge in [-0.15, -0.1) is 0 Å². The van der Waals surface area contributed by atoms with E-state index in [1.807, 2.05) is 0 Å². The van der Waals surface area contributed by atoms with Gasteiger partial charge in [-0.1, -0.05) is 15.9 Å². The van der Waals surface area contributed by atoms with Gasteiger partial charge >= 0.3 is 0 Å². The minimum absolute atomic E-state index is 0.309. The molecule has 100 valence electrons. The lowest BCUT2D eigenvalue weighted by molar-refractivity contribution is -0.115. The van der Waals surface area contributed by atoms with Crippen LogP contribution < -0.4 is 10.0 Å². The molecule has 0 aliphatic heterocycles. The van der Waals surface area contributed by atoms with E-state index in [0.717, 1.165) is 8.78 Å². The molecule has 0 unspecified atom stereocenters. The number of rotatable bonds is 5. The maximum atomic E-state index is 11.5. The SMILES string of the molecule is CN(C)S(=O)(=O)NCC(=O)Nc1ccc(Br)cc1. The average Bonchev–Trinajstić information content (AvgIpc) is 2.29. The molecule has 0 saturated heterocycles. The Balaban J connectivity index is 2.50. The molecule has 1 rings (SSSR count). The largest absolute Gasteiger partial charge is 0.325 e. The van der Waals surface area contributed by atoms with E-state index in [9.17, 15) is 13.2 Å². The second-order valence-corrected chi connectivity index (χ2v) is 6.55. The van der Waals surface area contributed by atoms with Crippen LogP contribution in [0.2, 0.25) is 0 Å².